The Morgan fingerprint density at radius 1 is 1.26 bits per heavy atom. The van der Waals surface area contributed by atoms with Gasteiger partial charge >= 0.3 is 0 Å². The third kappa shape index (κ3) is 4.48. The summed E-state index contributed by atoms with van der Waals surface area (Å²) in [6.07, 6.45) is 9.18. The van der Waals surface area contributed by atoms with Gasteiger partial charge in [-0.25, -0.2) is 0 Å². The maximum atomic E-state index is 12.1. The molecule has 3 atom stereocenters. The van der Waals surface area contributed by atoms with Gasteiger partial charge in [0.15, 0.2) is 0 Å². The molecular formula is C16H30N2O. The maximum Gasteiger partial charge on any atom is 0.239 e. The topological polar surface area (TPSA) is 32.3 Å². The highest BCUT2D eigenvalue weighted by molar-refractivity contribution is 5.81. The molecule has 0 aromatic carbocycles. The van der Waals surface area contributed by atoms with Gasteiger partial charge in [-0.15, -0.1) is 0 Å². The normalized spacial score (nSPS) is 29.5. The summed E-state index contributed by atoms with van der Waals surface area (Å²) in [4.78, 5) is 14.2. The van der Waals surface area contributed by atoms with Gasteiger partial charge in [0.25, 0.3) is 0 Å². The summed E-state index contributed by atoms with van der Waals surface area (Å²) in [6, 6.07) is -0.000820. The van der Waals surface area contributed by atoms with E-state index in [-0.39, 0.29) is 6.04 Å². The fourth-order valence-corrected chi connectivity index (χ4v) is 3.62. The Morgan fingerprint density at radius 3 is 2.68 bits per heavy atom. The number of hydrogen-bond donors (Lipinski definition) is 1. The first-order valence-electron chi connectivity index (χ1n) is 8.19. The van der Waals surface area contributed by atoms with Crippen LogP contribution in [0.15, 0.2) is 0 Å². The molecular weight excluding hydrogens is 236 g/mol. The third-order valence-electron chi connectivity index (χ3n) is 4.84. The molecule has 3 unspecified atom stereocenters. The van der Waals surface area contributed by atoms with Crippen molar-refractivity contribution in [2.75, 3.05) is 19.6 Å². The van der Waals surface area contributed by atoms with E-state index in [0.29, 0.717) is 5.91 Å². The van der Waals surface area contributed by atoms with E-state index in [9.17, 15) is 4.79 Å². The first-order valence-corrected chi connectivity index (χ1v) is 8.19. The average Bonchev–Trinajstić information content (AvgIpc) is 2.91. The molecule has 1 saturated carbocycles. The van der Waals surface area contributed by atoms with Crippen molar-refractivity contribution in [2.24, 2.45) is 11.8 Å². The minimum atomic E-state index is -0.000820. The van der Waals surface area contributed by atoms with Crippen LogP contribution in [0.2, 0.25) is 0 Å². The molecule has 2 fully saturated rings. The van der Waals surface area contributed by atoms with Crippen LogP contribution in [0.3, 0.4) is 0 Å². The Labute approximate surface area is 118 Å². The molecule has 2 rings (SSSR count). The zero-order valence-corrected chi connectivity index (χ0v) is 12.7. The second-order valence-electron chi connectivity index (χ2n) is 6.63. The van der Waals surface area contributed by atoms with Gasteiger partial charge in [0, 0.05) is 13.1 Å². The van der Waals surface area contributed by atoms with Gasteiger partial charge in [-0.1, -0.05) is 26.2 Å². The van der Waals surface area contributed by atoms with Gasteiger partial charge in [0.1, 0.15) is 0 Å². The van der Waals surface area contributed by atoms with Crippen LogP contribution in [-0.4, -0.2) is 36.5 Å². The van der Waals surface area contributed by atoms with Crippen LogP contribution in [0.5, 0.6) is 0 Å². The summed E-state index contributed by atoms with van der Waals surface area (Å²) in [7, 11) is 0. The molecule has 3 nitrogen and oxygen atoms in total. The molecule has 0 aromatic heterocycles. The molecule has 3 heteroatoms. The highest BCUT2D eigenvalue weighted by Crippen LogP contribution is 2.30. The van der Waals surface area contributed by atoms with Crippen molar-refractivity contribution in [2.45, 2.75) is 64.8 Å². The maximum absolute atomic E-state index is 12.1. The predicted molar refractivity (Wildman–Crippen MR) is 79.0 cm³/mol. The molecule has 1 aliphatic heterocycles. The molecule has 1 amide bonds. The van der Waals surface area contributed by atoms with Gasteiger partial charge in [-0.2, -0.15) is 0 Å². The highest BCUT2D eigenvalue weighted by Gasteiger charge is 2.23. The highest BCUT2D eigenvalue weighted by atomic mass is 16.2. The van der Waals surface area contributed by atoms with Crippen molar-refractivity contribution in [3.63, 3.8) is 0 Å². The fraction of sp³-hybridized carbons (Fsp3) is 0.938. The molecule has 1 heterocycles. The van der Waals surface area contributed by atoms with E-state index in [0.717, 1.165) is 31.5 Å². The number of hydrogen-bond acceptors (Lipinski definition) is 2. The first-order chi connectivity index (χ1) is 9.16. The number of likely N-dealkylation sites (tertiary alicyclic amines) is 1. The molecule has 19 heavy (non-hydrogen) atoms. The Bertz CT molecular complexity index is 286. The van der Waals surface area contributed by atoms with E-state index in [1.54, 1.807) is 0 Å². The van der Waals surface area contributed by atoms with Gasteiger partial charge in [0.2, 0.25) is 5.91 Å². The van der Waals surface area contributed by atoms with E-state index < -0.39 is 0 Å². The molecule has 0 radical (unpaired) electrons. The van der Waals surface area contributed by atoms with Crippen LogP contribution in [-0.2, 0) is 4.79 Å². The lowest BCUT2D eigenvalue weighted by molar-refractivity contribution is -0.131. The standard InChI is InChI=1S/C16H30N2O/c1-13-6-5-7-15(12-13)8-9-17-14(2)16(19)18-10-3-4-11-18/h13-15,17H,3-12H2,1-2H3. The van der Waals surface area contributed by atoms with E-state index in [2.05, 4.69) is 12.2 Å². The van der Waals surface area contributed by atoms with Crippen LogP contribution in [0.4, 0.5) is 0 Å². The zero-order valence-electron chi connectivity index (χ0n) is 12.7. The summed E-state index contributed by atoms with van der Waals surface area (Å²) < 4.78 is 0. The van der Waals surface area contributed by atoms with Gasteiger partial charge in [-0.3, -0.25) is 4.79 Å². The van der Waals surface area contributed by atoms with Gasteiger partial charge < -0.3 is 10.2 Å². The van der Waals surface area contributed by atoms with Crippen molar-refractivity contribution in [1.29, 1.82) is 0 Å². The molecule has 1 aliphatic carbocycles. The Kier molecular flexibility index (Phi) is 5.68. The number of nitrogens with one attached hydrogen (secondary N) is 1. The molecule has 1 saturated heterocycles. The number of rotatable bonds is 5. The Balaban J connectivity index is 1.63. The van der Waals surface area contributed by atoms with E-state index in [1.165, 1.54) is 44.9 Å². The SMILES string of the molecule is CC1CCCC(CCNC(C)C(=O)N2CCCC2)C1. The van der Waals surface area contributed by atoms with E-state index in [4.69, 9.17) is 0 Å². The van der Waals surface area contributed by atoms with Crippen molar-refractivity contribution >= 4 is 5.91 Å². The molecule has 0 aromatic rings. The van der Waals surface area contributed by atoms with Crippen molar-refractivity contribution in [1.82, 2.24) is 10.2 Å². The summed E-state index contributed by atoms with van der Waals surface area (Å²) in [5.74, 6) is 2.09. The Morgan fingerprint density at radius 2 is 2.00 bits per heavy atom. The lowest BCUT2D eigenvalue weighted by Gasteiger charge is -2.27. The van der Waals surface area contributed by atoms with E-state index in [1.807, 2.05) is 11.8 Å². The number of nitrogens with zero attached hydrogens (tertiary/aromatic N) is 1. The van der Waals surface area contributed by atoms with Gasteiger partial charge in [0.05, 0.1) is 6.04 Å². The van der Waals surface area contributed by atoms with Crippen LogP contribution in [0.1, 0.15) is 58.8 Å². The predicted octanol–water partition coefficient (Wildman–Crippen LogP) is 2.80. The Hall–Kier alpha value is -0.570. The molecule has 2 aliphatic rings. The van der Waals surface area contributed by atoms with Crippen molar-refractivity contribution in [3.05, 3.63) is 0 Å². The summed E-state index contributed by atoms with van der Waals surface area (Å²) in [6.45, 7) is 7.32. The second-order valence-corrected chi connectivity index (χ2v) is 6.63. The summed E-state index contributed by atoms with van der Waals surface area (Å²) in [5.41, 5.74) is 0. The minimum absolute atomic E-state index is 0.000820. The average molecular weight is 266 g/mol. The van der Waals surface area contributed by atoms with Crippen LogP contribution in [0, 0.1) is 11.8 Å². The number of amides is 1. The quantitative estimate of drug-likeness (QED) is 0.830. The largest absolute Gasteiger partial charge is 0.341 e. The monoisotopic (exact) mass is 266 g/mol. The minimum Gasteiger partial charge on any atom is -0.341 e. The van der Waals surface area contributed by atoms with Crippen molar-refractivity contribution in [3.8, 4) is 0 Å². The van der Waals surface area contributed by atoms with E-state index >= 15 is 0 Å². The molecule has 110 valence electrons. The number of carbonyl (C=O) groups is 1. The molecule has 0 spiro atoms. The molecule has 0 bridgehead atoms. The second kappa shape index (κ2) is 7.28. The van der Waals surface area contributed by atoms with Crippen molar-refractivity contribution < 1.29 is 4.79 Å². The first kappa shape index (κ1) is 14.8. The lowest BCUT2D eigenvalue weighted by Crippen LogP contribution is -2.44. The van der Waals surface area contributed by atoms with Crippen LogP contribution in [0.25, 0.3) is 0 Å². The lowest BCUT2D eigenvalue weighted by atomic mass is 9.81. The number of carbonyl (C=O) groups excluding carboxylic acids is 1. The van der Waals surface area contributed by atoms with Crippen LogP contribution >= 0.6 is 0 Å². The zero-order chi connectivity index (χ0) is 13.7. The summed E-state index contributed by atoms with van der Waals surface area (Å²) in [5, 5.41) is 3.43. The summed E-state index contributed by atoms with van der Waals surface area (Å²) >= 11 is 0. The third-order valence-corrected chi connectivity index (χ3v) is 4.84. The fourth-order valence-electron chi connectivity index (χ4n) is 3.62. The molecule has 1 N–H and O–H groups in total. The van der Waals surface area contributed by atoms with Crippen LogP contribution < -0.4 is 5.32 Å². The smallest absolute Gasteiger partial charge is 0.239 e. The van der Waals surface area contributed by atoms with Gasteiger partial charge in [-0.05, 0) is 51.0 Å².